The molecule has 2 amide bonds. The lowest BCUT2D eigenvalue weighted by molar-refractivity contribution is 0.262. The van der Waals surface area contributed by atoms with Gasteiger partial charge >= 0.3 is 6.03 Å². The molecule has 0 aromatic heterocycles. The Morgan fingerprint density at radius 1 is 1.08 bits per heavy atom. The zero-order valence-electron chi connectivity index (χ0n) is 13.0. The summed E-state index contributed by atoms with van der Waals surface area (Å²) in [5.74, 6) is -0.276. The lowest BCUT2D eigenvalue weighted by atomic mass is 10.2. The van der Waals surface area contributed by atoms with E-state index in [1.165, 1.54) is 43.5 Å². The van der Waals surface area contributed by atoms with Crippen molar-refractivity contribution in [3.8, 4) is 5.75 Å². The van der Waals surface area contributed by atoms with Crippen molar-refractivity contribution in [2.24, 2.45) is 0 Å². The molecule has 9 heteroatoms. The molecule has 128 valence electrons. The number of ether oxygens (including phenoxy) is 1. The van der Waals surface area contributed by atoms with E-state index in [1.54, 1.807) is 6.07 Å². The molecule has 0 aliphatic heterocycles. The Morgan fingerprint density at radius 3 is 2.42 bits per heavy atom. The number of halogens is 1. The van der Waals surface area contributed by atoms with Crippen molar-refractivity contribution in [3.63, 3.8) is 0 Å². The molecule has 0 heterocycles. The number of urea groups is 1. The molecule has 0 radical (unpaired) electrons. The lowest BCUT2D eigenvalue weighted by Gasteiger charge is -2.13. The van der Waals surface area contributed by atoms with Gasteiger partial charge in [0, 0.05) is 5.69 Å². The maximum absolute atomic E-state index is 13.5. The number of carbonyl (C=O) groups is 1. The SMILES string of the molecule is COc1ccc(NC(=O)Nc2ccccc2F)cc1NS(C)(=O)=O. The van der Waals surface area contributed by atoms with Gasteiger partial charge in [0.15, 0.2) is 0 Å². The van der Waals surface area contributed by atoms with Crippen LogP contribution in [0, 0.1) is 5.82 Å². The first-order valence-electron chi connectivity index (χ1n) is 6.77. The number of hydrogen-bond donors (Lipinski definition) is 3. The van der Waals surface area contributed by atoms with Crippen LogP contribution in [0.5, 0.6) is 5.75 Å². The minimum atomic E-state index is -3.52. The van der Waals surface area contributed by atoms with E-state index in [1.807, 2.05) is 0 Å². The number of methoxy groups -OCH3 is 1. The molecule has 2 aromatic rings. The number of carbonyl (C=O) groups excluding carboxylic acids is 1. The number of sulfonamides is 1. The topological polar surface area (TPSA) is 96.5 Å². The van der Waals surface area contributed by atoms with Crippen molar-refractivity contribution >= 4 is 33.1 Å². The predicted molar refractivity (Wildman–Crippen MR) is 90.5 cm³/mol. The van der Waals surface area contributed by atoms with Crippen LogP contribution in [0.1, 0.15) is 0 Å². The molecule has 2 aromatic carbocycles. The predicted octanol–water partition coefficient (Wildman–Crippen LogP) is 2.85. The van der Waals surface area contributed by atoms with Crippen LogP contribution in [0.3, 0.4) is 0 Å². The minimum Gasteiger partial charge on any atom is -0.495 e. The van der Waals surface area contributed by atoms with Crippen molar-refractivity contribution in [3.05, 3.63) is 48.3 Å². The third-order valence-corrected chi connectivity index (χ3v) is 3.47. The Kier molecular flexibility index (Phi) is 5.24. The standard InChI is InChI=1S/C15H16FN3O4S/c1-23-14-8-7-10(9-13(14)19-24(2,21)22)17-15(20)18-12-6-4-3-5-11(12)16/h3-9,19H,1-2H3,(H2,17,18,20). The fourth-order valence-corrected chi connectivity index (χ4v) is 2.47. The Hall–Kier alpha value is -2.81. The first kappa shape index (κ1) is 17.5. The number of rotatable bonds is 5. The van der Waals surface area contributed by atoms with Crippen molar-refractivity contribution in [1.29, 1.82) is 0 Å². The van der Waals surface area contributed by atoms with Gasteiger partial charge in [-0.15, -0.1) is 0 Å². The van der Waals surface area contributed by atoms with E-state index >= 15 is 0 Å². The molecule has 0 aliphatic carbocycles. The normalized spacial score (nSPS) is 10.8. The third kappa shape index (κ3) is 4.85. The van der Waals surface area contributed by atoms with Crippen molar-refractivity contribution in [2.75, 3.05) is 28.7 Å². The Labute approximate surface area is 138 Å². The second-order valence-electron chi connectivity index (χ2n) is 4.85. The fraction of sp³-hybridized carbons (Fsp3) is 0.133. The van der Waals surface area contributed by atoms with E-state index in [4.69, 9.17) is 4.74 Å². The molecule has 0 bridgehead atoms. The molecule has 2 rings (SSSR count). The van der Waals surface area contributed by atoms with E-state index in [0.29, 0.717) is 11.4 Å². The smallest absolute Gasteiger partial charge is 0.323 e. The van der Waals surface area contributed by atoms with Gasteiger partial charge in [0.2, 0.25) is 10.0 Å². The van der Waals surface area contributed by atoms with Crippen LogP contribution >= 0.6 is 0 Å². The van der Waals surface area contributed by atoms with Crippen LogP contribution in [0.2, 0.25) is 0 Å². The Morgan fingerprint density at radius 2 is 1.79 bits per heavy atom. The van der Waals surface area contributed by atoms with Gasteiger partial charge in [-0.05, 0) is 30.3 Å². The van der Waals surface area contributed by atoms with Crippen LogP contribution in [0.25, 0.3) is 0 Å². The summed E-state index contributed by atoms with van der Waals surface area (Å²) >= 11 is 0. The minimum absolute atomic E-state index is 0.0259. The van der Waals surface area contributed by atoms with Crippen molar-refractivity contribution in [1.82, 2.24) is 0 Å². The number of hydrogen-bond acceptors (Lipinski definition) is 4. The summed E-state index contributed by atoms with van der Waals surface area (Å²) in [5.41, 5.74) is 0.498. The van der Waals surface area contributed by atoms with Crippen molar-refractivity contribution in [2.45, 2.75) is 0 Å². The van der Waals surface area contributed by atoms with Crippen LogP contribution in [-0.2, 0) is 10.0 Å². The zero-order chi connectivity index (χ0) is 17.7. The molecular formula is C15H16FN3O4S. The second kappa shape index (κ2) is 7.18. The van der Waals surface area contributed by atoms with Gasteiger partial charge in [0.1, 0.15) is 11.6 Å². The van der Waals surface area contributed by atoms with Gasteiger partial charge in [-0.3, -0.25) is 4.72 Å². The molecule has 0 fully saturated rings. The molecular weight excluding hydrogens is 337 g/mol. The highest BCUT2D eigenvalue weighted by Gasteiger charge is 2.11. The molecule has 0 atom stereocenters. The van der Waals surface area contributed by atoms with Crippen LogP contribution in [-0.4, -0.2) is 27.8 Å². The molecule has 0 saturated heterocycles. The van der Waals surface area contributed by atoms with Gasteiger partial charge < -0.3 is 15.4 Å². The molecule has 0 saturated carbocycles. The van der Waals surface area contributed by atoms with Crippen LogP contribution in [0.4, 0.5) is 26.2 Å². The molecule has 0 unspecified atom stereocenters. The average molecular weight is 353 g/mol. The van der Waals surface area contributed by atoms with Gasteiger partial charge in [0.05, 0.1) is 24.7 Å². The number of amides is 2. The highest BCUT2D eigenvalue weighted by atomic mass is 32.2. The van der Waals surface area contributed by atoms with Crippen molar-refractivity contribution < 1.29 is 22.3 Å². The lowest BCUT2D eigenvalue weighted by Crippen LogP contribution is -2.20. The monoisotopic (exact) mass is 353 g/mol. The van der Waals surface area contributed by atoms with Gasteiger partial charge in [0.25, 0.3) is 0 Å². The van der Waals surface area contributed by atoms with Crippen LogP contribution in [0.15, 0.2) is 42.5 Å². The Balaban J connectivity index is 2.16. The van der Waals surface area contributed by atoms with Gasteiger partial charge in [-0.2, -0.15) is 0 Å². The first-order chi connectivity index (χ1) is 11.3. The molecule has 24 heavy (non-hydrogen) atoms. The van der Waals surface area contributed by atoms with E-state index in [2.05, 4.69) is 15.4 Å². The largest absolute Gasteiger partial charge is 0.495 e. The molecule has 3 N–H and O–H groups in total. The van der Waals surface area contributed by atoms with Crippen LogP contribution < -0.4 is 20.1 Å². The maximum atomic E-state index is 13.5. The summed E-state index contributed by atoms with van der Waals surface area (Å²) in [7, 11) is -2.13. The van der Waals surface area contributed by atoms with Gasteiger partial charge in [-0.25, -0.2) is 17.6 Å². The summed E-state index contributed by atoms with van der Waals surface area (Å²) in [6.07, 6.45) is 0.997. The first-order valence-corrected chi connectivity index (χ1v) is 8.66. The number of para-hydroxylation sites is 1. The third-order valence-electron chi connectivity index (χ3n) is 2.87. The Bertz CT molecular complexity index is 856. The summed E-state index contributed by atoms with van der Waals surface area (Å²) in [4.78, 5) is 11.9. The second-order valence-corrected chi connectivity index (χ2v) is 6.60. The maximum Gasteiger partial charge on any atom is 0.323 e. The molecule has 7 nitrogen and oxygen atoms in total. The summed E-state index contributed by atoms with van der Waals surface area (Å²) in [6.45, 7) is 0. The molecule has 0 spiro atoms. The number of benzene rings is 2. The van der Waals surface area contributed by atoms with E-state index in [-0.39, 0.29) is 11.4 Å². The number of nitrogens with one attached hydrogen (secondary N) is 3. The molecule has 0 aliphatic rings. The van der Waals surface area contributed by atoms with E-state index in [9.17, 15) is 17.6 Å². The van der Waals surface area contributed by atoms with E-state index in [0.717, 1.165) is 6.26 Å². The summed E-state index contributed by atoms with van der Waals surface area (Å²) in [6, 6.07) is 9.46. The quantitative estimate of drug-likeness (QED) is 0.770. The number of anilines is 3. The van der Waals surface area contributed by atoms with Gasteiger partial charge in [-0.1, -0.05) is 12.1 Å². The summed E-state index contributed by atoms with van der Waals surface area (Å²) < 4.78 is 43.6. The zero-order valence-corrected chi connectivity index (χ0v) is 13.8. The highest BCUT2D eigenvalue weighted by Crippen LogP contribution is 2.28. The fourth-order valence-electron chi connectivity index (χ4n) is 1.91. The van der Waals surface area contributed by atoms with E-state index < -0.39 is 21.9 Å². The average Bonchev–Trinajstić information content (AvgIpc) is 2.48. The summed E-state index contributed by atoms with van der Waals surface area (Å²) in [5, 5.41) is 4.85. The highest BCUT2D eigenvalue weighted by molar-refractivity contribution is 7.92.